The summed E-state index contributed by atoms with van der Waals surface area (Å²) in [5.74, 6) is 0.500. The lowest BCUT2D eigenvalue weighted by molar-refractivity contribution is 0.439. The zero-order chi connectivity index (χ0) is 10.7. The van der Waals surface area contributed by atoms with Gasteiger partial charge in [0.15, 0.2) is 0 Å². The van der Waals surface area contributed by atoms with Crippen LogP contribution in [0.1, 0.15) is 30.4 Å². The Kier molecular flexibility index (Phi) is 3.36. The van der Waals surface area contributed by atoms with Crippen LogP contribution in [0.5, 0.6) is 11.5 Å². The predicted molar refractivity (Wildman–Crippen MR) is 56.6 cm³/mol. The molecule has 1 aromatic rings. The summed E-state index contributed by atoms with van der Waals surface area (Å²) < 4.78 is 0. The average molecular weight is 195 g/mol. The summed E-state index contributed by atoms with van der Waals surface area (Å²) in [5.41, 5.74) is 7.09. The van der Waals surface area contributed by atoms with Gasteiger partial charge >= 0.3 is 0 Å². The fourth-order valence-corrected chi connectivity index (χ4v) is 1.51. The van der Waals surface area contributed by atoms with E-state index in [4.69, 9.17) is 5.73 Å². The van der Waals surface area contributed by atoms with Gasteiger partial charge in [-0.2, -0.15) is 0 Å². The number of rotatable bonds is 3. The highest BCUT2D eigenvalue weighted by Crippen LogP contribution is 2.32. The van der Waals surface area contributed by atoms with E-state index in [0.29, 0.717) is 6.54 Å². The maximum Gasteiger partial charge on any atom is 0.122 e. The second-order valence-electron chi connectivity index (χ2n) is 3.68. The van der Waals surface area contributed by atoms with Crippen molar-refractivity contribution in [1.29, 1.82) is 0 Å². The SMILES string of the molecule is Cc1cc(C(C)CCN)c(O)cc1O. The highest BCUT2D eigenvalue weighted by molar-refractivity contribution is 5.45. The van der Waals surface area contributed by atoms with E-state index in [1.54, 1.807) is 0 Å². The molecule has 0 heterocycles. The zero-order valence-electron chi connectivity index (χ0n) is 8.62. The Morgan fingerprint density at radius 1 is 1.29 bits per heavy atom. The molecule has 14 heavy (non-hydrogen) atoms. The maximum absolute atomic E-state index is 9.61. The van der Waals surface area contributed by atoms with Crippen LogP contribution in [0, 0.1) is 6.92 Å². The minimum absolute atomic E-state index is 0.131. The number of nitrogens with two attached hydrogens (primary N) is 1. The molecule has 4 N–H and O–H groups in total. The monoisotopic (exact) mass is 195 g/mol. The van der Waals surface area contributed by atoms with Crippen molar-refractivity contribution >= 4 is 0 Å². The molecular weight excluding hydrogens is 178 g/mol. The van der Waals surface area contributed by atoms with E-state index < -0.39 is 0 Å². The zero-order valence-corrected chi connectivity index (χ0v) is 8.62. The Morgan fingerprint density at radius 2 is 1.93 bits per heavy atom. The van der Waals surface area contributed by atoms with E-state index in [0.717, 1.165) is 17.5 Å². The number of phenolic OH excluding ortho intramolecular Hbond substituents is 2. The lowest BCUT2D eigenvalue weighted by Gasteiger charge is -2.13. The van der Waals surface area contributed by atoms with E-state index in [2.05, 4.69) is 0 Å². The Hall–Kier alpha value is -1.22. The molecule has 0 aliphatic heterocycles. The molecule has 0 bridgehead atoms. The van der Waals surface area contributed by atoms with Gasteiger partial charge in [0.25, 0.3) is 0 Å². The van der Waals surface area contributed by atoms with Crippen LogP contribution >= 0.6 is 0 Å². The first kappa shape index (κ1) is 10.9. The van der Waals surface area contributed by atoms with Crippen molar-refractivity contribution in [3.8, 4) is 11.5 Å². The molecule has 3 nitrogen and oxygen atoms in total. The molecule has 0 aromatic heterocycles. The lowest BCUT2D eigenvalue weighted by atomic mass is 9.95. The second-order valence-corrected chi connectivity index (χ2v) is 3.68. The number of benzene rings is 1. The minimum atomic E-state index is 0.131. The maximum atomic E-state index is 9.61. The lowest BCUT2D eigenvalue weighted by Crippen LogP contribution is -2.04. The van der Waals surface area contributed by atoms with E-state index in [9.17, 15) is 10.2 Å². The van der Waals surface area contributed by atoms with E-state index in [1.807, 2.05) is 19.9 Å². The molecule has 1 atom stereocenters. The van der Waals surface area contributed by atoms with Crippen molar-refractivity contribution in [3.05, 3.63) is 23.3 Å². The van der Waals surface area contributed by atoms with Crippen molar-refractivity contribution in [1.82, 2.24) is 0 Å². The predicted octanol–water partition coefficient (Wildman–Crippen LogP) is 1.86. The van der Waals surface area contributed by atoms with Gasteiger partial charge in [-0.3, -0.25) is 0 Å². The first-order valence-corrected chi connectivity index (χ1v) is 4.78. The van der Waals surface area contributed by atoms with Crippen molar-refractivity contribution in [2.24, 2.45) is 5.73 Å². The fraction of sp³-hybridized carbons (Fsp3) is 0.455. The van der Waals surface area contributed by atoms with Crippen molar-refractivity contribution in [3.63, 3.8) is 0 Å². The van der Waals surface area contributed by atoms with Crippen LogP contribution in [0.25, 0.3) is 0 Å². The summed E-state index contributed by atoms with van der Waals surface area (Å²) in [5, 5.41) is 19.0. The molecule has 0 amide bonds. The van der Waals surface area contributed by atoms with Gasteiger partial charge in [-0.05, 0) is 43.0 Å². The molecule has 0 aliphatic carbocycles. The van der Waals surface area contributed by atoms with Gasteiger partial charge < -0.3 is 15.9 Å². The number of hydrogen-bond donors (Lipinski definition) is 3. The van der Waals surface area contributed by atoms with Gasteiger partial charge in [-0.15, -0.1) is 0 Å². The Bertz CT molecular complexity index is 323. The van der Waals surface area contributed by atoms with Crippen molar-refractivity contribution < 1.29 is 10.2 Å². The first-order chi connectivity index (χ1) is 6.56. The Morgan fingerprint density at radius 3 is 2.50 bits per heavy atom. The Labute approximate surface area is 84.2 Å². The minimum Gasteiger partial charge on any atom is -0.508 e. The largest absolute Gasteiger partial charge is 0.508 e. The summed E-state index contributed by atoms with van der Waals surface area (Å²) in [4.78, 5) is 0. The molecular formula is C11H17NO2. The fourth-order valence-electron chi connectivity index (χ4n) is 1.51. The molecule has 0 aliphatic rings. The van der Waals surface area contributed by atoms with Gasteiger partial charge in [-0.25, -0.2) is 0 Å². The average Bonchev–Trinajstić information content (AvgIpc) is 2.11. The third-order valence-electron chi connectivity index (χ3n) is 2.48. The van der Waals surface area contributed by atoms with Crippen LogP contribution in [0.15, 0.2) is 12.1 Å². The molecule has 1 rings (SSSR count). The van der Waals surface area contributed by atoms with Crippen LogP contribution in [0.4, 0.5) is 0 Å². The molecule has 0 saturated heterocycles. The number of aryl methyl sites for hydroxylation is 1. The third-order valence-corrected chi connectivity index (χ3v) is 2.48. The summed E-state index contributed by atoms with van der Waals surface area (Å²) in [6, 6.07) is 3.20. The van der Waals surface area contributed by atoms with Crippen LogP contribution in [0.3, 0.4) is 0 Å². The van der Waals surface area contributed by atoms with Gasteiger partial charge in [0.1, 0.15) is 11.5 Å². The van der Waals surface area contributed by atoms with Crippen LogP contribution in [0.2, 0.25) is 0 Å². The summed E-state index contributed by atoms with van der Waals surface area (Å²) in [6.07, 6.45) is 0.831. The molecule has 0 radical (unpaired) electrons. The quantitative estimate of drug-likeness (QED) is 0.689. The summed E-state index contributed by atoms with van der Waals surface area (Å²) in [6.45, 7) is 4.42. The van der Waals surface area contributed by atoms with E-state index >= 15 is 0 Å². The normalized spacial score (nSPS) is 12.8. The number of phenols is 2. The second kappa shape index (κ2) is 4.33. The highest BCUT2D eigenvalue weighted by atomic mass is 16.3. The molecule has 0 saturated carbocycles. The van der Waals surface area contributed by atoms with Gasteiger partial charge in [0.05, 0.1) is 0 Å². The van der Waals surface area contributed by atoms with Crippen LogP contribution in [-0.4, -0.2) is 16.8 Å². The molecule has 3 heteroatoms. The van der Waals surface area contributed by atoms with Gasteiger partial charge in [0.2, 0.25) is 0 Å². The standard InChI is InChI=1S/C11H17NO2/c1-7(3-4-12)9-5-8(2)10(13)6-11(9)14/h5-7,13-14H,3-4,12H2,1-2H3. The van der Waals surface area contributed by atoms with E-state index in [-0.39, 0.29) is 17.4 Å². The van der Waals surface area contributed by atoms with Crippen molar-refractivity contribution in [2.45, 2.75) is 26.2 Å². The topological polar surface area (TPSA) is 66.5 Å². The number of hydrogen-bond acceptors (Lipinski definition) is 3. The smallest absolute Gasteiger partial charge is 0.122 e. The molecule has 1 unspecified atom stereocenters. The highest BCUT2D eigenvalue weighted by Gasteiger charge is 2.11. The molecule has 78 valence electrons. The van der Waals surface area contributed by atoms with E-state index in [1.165, 1.54) is 6.07 Å². The molecule has 0 spiro atoms. The third kappa shape index (κ3) is 2.17. The van der Waals surface area contributed by atoms with Crippen molar-refractivity contribution in [2.75, 3.05) is 6.54 Å². The summed E-state index contributed by atoms with van der Waals surface area (Å²) >= 11 is 0. The van der Waals surface area contributed by atoms with Crippen LogP contribution in [-0.2, 0) is 0 Å². The van der Waals surface area contributed by atoms with Gasteiger partial charge in [-0.1, -0.05) is 6.92 Å². The Balaban J connectivity index is 3.02. The molecule has 1 aromatic carbocycles. The first-order valence-electron chi connectivity index (χ1n) is 4.78. The number of aromatic hydroxyl groups is 2. The summed E-state index contributed by atoms with van der Waals surface area (Å²) in [7, 11) is 0. The van der Waals surface area contributed by atoms with Gasteiger partial charge in [0, 0.05) is 6.07 Å². The van der Waals surface area contributed by atoms with Crippen LogP contribution < -0.4 is 5.73 Å². The molecule has 0 fully saturated rings.